The highest BCUT2D eigenvalue weighted by molar-refractivity contribution is 5.88. The van der Waals surface area contributed by atoms with Crippen molar-refractivity contribution >= 4 is 11.6 Å². The number of carbonyl (C=O) groups is 1. The van der Waals surface area contributed by atoms with Crippen molar-refractivity contribution in [3.8, 4) is 11.8 Å². The zero-order valence-electron chi connectivity index (χ0n) is 9.51. The summed E-state index contributed by atoms with van der Waals surface area (Å²) in [5, 5.41) is 20.3. The van der Waals surface area contributed by atoms with Crippen LogP contribution in [0.2, 0.25) is 0 Å². The zero-order valence-corrected chi connectivity index (χ0v) is 9.51. The second-order valence-corrected chi connectivity index (χ2v) is 3.53. The first-order chi connectivity index (χ1) is 8.11. The lowest BCUT2D eigenvalue weighted by Gasteiger charge is -2.10. The lowest BCUT2D eigenvalue weighted by atomic mass is 10.3. The molecule has 1 rings (SSSR count). The van der Waals surface area contributed by atoms with Gasteiger partial charge < -0.3 is 15.2 Å². The molecule has 1 atom stereocenters. The van der Waals surface area contributed by atoms with E-state index in [1.54, 1.807) is 24.3 Å². The molecule has 0 aliphatic rings. The molecule has 0 spiro atoms. The number of carbonyl (C=O) groups excluding carboxylic acids is 1. The van der Waals surface area contributed by atoms with Crippen molar-refractivity contribution < 1.29 is 14.6 Å². The van der Waals surface area contributed by atoms with E-state index in [2.05, 4.69) is 5.32 Å². The third kappa shape index (κ3) is 5.00. The number of hydrogen-bond donors (Lipinski definition) is 2. The Morgan fingerprint density at radius 1 is 1.53 bits per heavy atom. The molecule has 1 aromatic carbocycles. The molecule has 1 unspecified atom stereocenters. The van der Waals surface area contributed by atoms with E-state index < -0.39 is 6.10 Å². The zero-order chi connectivity index (χ0) is 12.7. The molecule has 0 fully saturated rings. The molecule has 0 saturated heterocycles. The first-order valence-electron chi connectivity index (χ1n) is 5.17. The summed E-state index contributed by atoms with van der Waals surface area (Å²) in [6, 6.07) is 8.63. The number of rotatable bonds is 5. The molecule has 0 heterocycles. The smallest absolute Gasteiger partial charge is 0.221 e. The van der Waals surface area contributed by atoms with Crippen LogP contribution >= 0.6 is 0 Å². The fourth-order valence-electron chi connectivity index (χ4n) is 1.19. The van der Waals surface area contributed by atoms with Gasteiger partial charge >= 0.3 is 0 Å². The number of aliphatic hydroxyl groups is 1. The fourth-order valence-corrected chi connectivity index (χ4v) is 1.19. The molecule has 5 heteroatoms. The van der Waals surface area contributed by atoms with E-state index in [1.165, 1.54) is 6.92 Å². The molecule has 1 aromatic rings. The van der Waals surface area contributed by atoms with E-state index in [4.69, 9.17) is 10.00 Å². The normalized spacial score (nSPS) is 11.4. The highest BCUT2D eigenvalue weighted by Gasteiger charge is 2.04. The Hall–Kier alpha value is -2.06. The number of anilines is 1. The van der Waals surface area contributed by atoms with Crippen molar-refractivity contribution in [1.82, 2.24) is 0 Å². The lowest BCUT2D eigenvalue weighted by molar-refractivity contribution is -0.114. The van der Waals surface area contributed by atoms with Crippen LogP contribution in [-0.4, -0.2) is 23.7 Å². The van der Waals surface area contributed by atoms with Gasteiger partial charge in [0.15, 0.2) is 0 Å². The molecule has 0 saturated carbocycles. The molecule has 0 radical (unpaired) electrons. The number of benzene rings is 1. The molecule has 0 bridgehead atoms. The molecule has 0 aromatic heterocycles. The van der Waals surface area contributed by atoms with Crippen LogP contribution in [-0.2, 0) is 4.79 Å². The monoisotopic (exact) mass is 234 g/mol. The Morgan fingerprint density at radius 2 is 2.18 bits per heavy atom. The van der Waals surface area contributed by atoms with Crippen LogP contribution in [0.3, 0.4) is 0 Å². The topological polar surface area (TPSA) is 82.3 Å². The predicted octanol–water partition coefficient (Wildman–Crippen LogP) is 1.30. The quantitative estimate of drug-likeness (QED) is 0.804. The van der Waals surface area contributed by atoms with Gasteiger partial charge in [0.1, 0.15) is 18.5 Å². The Bertz CT molecular complexity index is 409. The van der Waals surface area contributed by atoms with Gasteiger partial charge in [-0.1, -0.05) is 0 Å². The van der Waals surface area contributed by atoms with Crippen molar-refractivity contribution in [1.29, 1.82) is 5.26 Å². The van der Waals surface area contributed by atoms with Gasteiger partial charge in [-0.05, 0) is 24.3 Å². The van der Waals surface area contributed by atoms with Gasteiger partial charge in [0.25, 0.3) is 0 Å². The fraction of sp³-hybridized carbons (Fsp3) is 0.333. The second-order valence-electron chi connectivity index (χ2n) is 3.53. The van der Waals surface area contributed by atoms with Crippen LogP contribution in [0, 0.1) is 11.3 Å². The number of ether oxygens (including phenoxy) is 1. The Morgan fingerprint density at radius 3 is 2.71 bits per heavy atom. The van der Waals surface area contributed by atoms with Gasteiger partial charge in [0, 0.05) is 12.6 Å². The van der Waals surface area contributed by atoms with E-state index in [9.17, 15) is 9.90 Å². The van der Waals surface area contributed by atoms with Crippen LogP contribution in [0.5, 0.6) is 5.75 Å². The minimum Gasteiger partial charge on any atom is -0.491 e. The van der Waals surface area contributed by atoms with Crippen molar-refractivity contribution in [2.75, 3.05) is 11.9 Å². The predicted molar refractivity (Wildman–Crippen MR) is 62.5 cm³/mol. The third-order valence-corrected chi connectivity index (χ3v) is 1.94. The Kier molecular flexibility index (Phi) is 4.98. The maximum atomic E-state index is 10.8. The van der Waals surface area contributed by atoms with Gasteiger partial charge in [-0.15, -0.1) is 0 Å². The van der Waals surface area contributed by atoms with Crippen molar-refractivity contribution in [2.45, 2.75) is 19.4 Å². The Labute approximate surface area is 99.6 Å². The van der Waals surface area contributed by atoms with Gasteiger partial charge in [0.05, 0.1) is 12.5 Å². The minimum absolute atomic E-state index is 0.0456. The molecule has 90 valence electrons. The summed E-state index contributed by atoms with van der Waals surface area (Å²) < 4.78 is 5.27. The summed E-state index contributed by atoms with van der Waals surface area (Å²) in [7, 11) is 0. The van der Waals surface area contributed by atoms with Gasteiger partial charge in [-0.2, -0.15) is 5.26 Å². The number of aliphatic hydroxyl groups excluding tert-OH is 1. The van der Waals surface area contributed by atoms with Crippen LogP contribution in [0.25, 0.3) is 0 Å². The first kappa shape index (κ1) is 13.0. The van der Waals surface area contributed by atoms with Crippen LogP contribution < -0.4 is 10.1 Å². The van der Waals surface area contributed by atoms with E-state index in [0.29, 0.717) is 11.4 Å². The summed E-state index contributed by atoms with van der Waals surface area (Å²) >= 11 is 0. The van der Waals surface area contributed by atoms with E-state index in [0.717, 1.165) is 0 Å². The minimum atomic E-state index is -0.782. The summed E-state index contributed by atoms with van der Waals surface area (Å²) in [5.41, 5.74) is 0.683. The standard InChI is InChI=1S/C12H14N2O3/c1-9(15)14-10-2-4-12(5-3-10)17-8-11(16)6-7-13/h2-5,11,16H,6,8H2,1H3,(H,14,15). The van der Waals surface area contributed by atoms with Gasteiger partial charge in [-0.25, -0.2) is 0 Å². The Balaban J connectivity index is 2.46. The number of nitrogens with one attached hydrogen (secondary N) is 1. The highest BCUT2D eigenvalue weighted by Crippen LogP contribution is 2.15. The number of nitrogens with zero attached hydrogens (tertiary/aromatic N) is 1. The van der Waals surface area contributed by atoms with E-state index in [-0.39, 0.29) is 18.9 Å². The molecule has 17 heavy (non-hydrogen) atoms. The molecule has 1 amide bonds. The molecular weight excluding hydrogens is 220 g/mol. The average Bonchev–Trinajstić information content (AvgIpc) is 2.28. The SMILES string of the molecule is CC(=O)Nc1ccc(OCC(O)CC#N)cc1. The summed E-state index contributed by atoms with van der Waals surface area (Å²) in [6.45, 7) is 1.51. The summed E-state index contributed by atoms with van der Waals surface area (Å²) in [5.74, 6) is 0.444. The summed E-state index contributed by atoms with van der Waals surface area (Å²) in [6.07, 6.45) is -0.737. The number of hydrogen-bond acceptors (Lipinski definition) is 4. The van der Waals surface area contributed by atoms with Gasteiger partial charge in [0.2, 0.25) is 5.91 Å². The largest absolute Gasteiger partial charge is 0.491 e. The van der Waals surface area contributed by atoms with Crippen molar-refractivity contribution in [3.05, 3.63) is 24.3 Å². The van der Waals surface area contributed by atoms with E-state index in [1.807, 2.05) is 6.07 Å². The molecule has 2 N–H and O–H groups in total. The summed E-state index contributed by atoms with van der Waals surface area (Å²) in [4.78, 5) is 10.8. The van der Waals surface area contributed by atoms with Crippen molar-refractivity contribution in [3.63, 3.8) is 0 Å². The van der Waals surface area contributed by atoms with Crippen molar-refractivity contribution in [2.24, 2.45) is 0 Å². The second kappa shape index (κ2) is 6.51. The maximum absolute atomic E-state index is 10.8. The molecular formula is C12H14N2O3. The maximum Gasteiger partial charge on any atom is 0.221 e. The third-order valence-electron chi connectivity index (χ3n) is 1.94. The number of amides is 1. The molecule has 5 nitrogen and oxygen atoms in total. The first-order valence-corrected chi connectivity index (χ1v) is 5.17. The highest BCUT2D eigenvalue weighted by atomic mass is 16.5. The average molecular weight is 234 g/mol. The van der Waals surface area contributed by atoms with E-state index >= 15 is 0 Å². The van der Waals surface area contributed by atoms with Crippen LogP contribution in [0.4, 0.5) is 5.69 Å². The van der Waals surface area contributed by atoms with Crippen LogP contribution in [0.1, 0.15) is 13.3 Å². The number of nitriles is 1. The molecule has 0 aliphatic carbocycles. The van der Waals surface area contributed by atoms with Crippen LogP contribution in [0.15, 0.2) is 24.3 Å². The lowest BCUT2D eigenvalue weighted by Crippen LogP contribution is -2.16. The molecule has 0 aliphatic heterocycles. The van der Waals surface area contributed by atoms with Gasteiger partial charge in [-0.3, -0.25) is 4.79 Å².